The average Bonchev–Trinajstić information content (AvgIpc) is 3.13. The molecule has 3 rings (SSSR count). The van der Waals surface area contributed by atoms with Crippen molar-refractivity contribution < 1.29 is 13.2 Å². The van der Waals surface area contributed by atoms with E-state index in [1.165, 1.54) is 6.07 Å². The van der Waals surface area contributed by atoms with E-state index in [0.717, 1.165) is 24.9 Å². The quantitative estimate of drug-likeness (QED) is 0.711. The Morgan fingerprint density at radius 2 is 2.00 bits per heavy atom. The molecule has 0 radical (unpaired) electrons. The van der Waals surface area contributed by atoms with Gasteiger partial charge in [0, 0.05) is 23.8 Å². The topological polar surface area (TPSA) is 87.3 Å². The van der Waals surface area contributed by atoms with Gasteiger partial charge in [-0.2, -0.15) is 0 Å². The molecule has 2 aromatic carbocycles. The van der Waals surface area contributed by atoms with Gasteiger partial charge in [-0.05, 0) is 68.6 Å². The molecule has 6 nitrogen and oxygen atoms in total. The summed E-state index contributed by atoms with van der Waals surface area (Å²) in [7, 11) is -3.79. The summed E-state index contributed by atoms with van der Waals surface area (Å²) in [6.07, 6.45) is 2.15. The van der Waals surface area contributed by atoms with Gasteiger partial charge in [0.25, 0.3) is 15.9 Å². The first-order valence-corrected chi connectivity index (χ1v) is 10.6. The molecule has 144 valence electrons. The molecule has 0 aliphatic carbocycles. The Morgan fingerprint density at radius 1 is 1.19 bits per heavy atom. The van der Waals surface area contributed by atoms with Crippen LogP contribution in [0.25, 0.3) is 0 Å². The van der Waals surface area contributed by atoms with E-state index in [2.05, 4.69) is 15.4 Å². The molecule has 1 atom stereocenters. The van der Waals surface area contributed by atoms with Gasteiger partial charge < -0.3 is 10.6 Å². The third-order valence-corrected chi connectivity index (χ3v) is 6.20. The van der Waals surface area contributed by atoms with E-state index in [0.29, 0.717) is 23.4 Å². The fourth-order valence-corrected chi connectivity index (χ4v) is 4.52. The largest absolute Gasteiger partial charge is 0.350 e. The monoisotopic (exact) mass is 387 g/mol. The Bertz CT molecular complexity index is 935. The Labute approximate surface area is 160 Å². The predicted molar refractivity (Wildman–Crippen MR) is 107 cm³/mol. The number of hydrogen-bond donors (Lipinski definition) is 3. The summed E-state index contributed by atoms with van der Waals surface area (Å²) in [4.78, 5) is 12.5. The van der Waals surface area contributed by atoms with E-state index in [9.17, 15) is 13.2 Å². The van der Waals surface area contributed by atoms with Crippen molar-refractivity contribution in [1.82, 2.24) is 10.6 Å². The lowest BCUT2D eigenvalue weighted by Gasteiger charge is -2.14. The number of amides is 1. The fourth-order valence-electron chi connectivity index (χ4n) is 3.20. The number of carbonyl (C=O) groups is 1. The second kappa shape index (κ2) is 8.10. The van der Waals surface area contributed by atoms with Crippen molar-refractivity contribution in [3.63, 3.8) is 0 Å². The molecule has 7 heteroatoms. The molecule has 1 aliphatic heterocycles. The highest BCUT2D eigenvalue weighted by Gasteiger charge is 2.20. The molecule has 27 heavy (non-hydrogen) atoms. The van der Waals surface area contributed by atoms with Crippen molar-refractivity contribution in [1.29, 1.82) is 0 Å². The van der Waals surface area contributed by atoms with Gasteiger partial charge in [0.05, 0.1) is 4.90 Å². The number of rotatable bonds is 6. The number of carbonyl (C=O) groups excluding carboxylic acids is 1. The predicted octanol–water partition coefficient (Wildman–Crippen LogP) is 2.59. The first-order valence-electron chi connectivity index (χ1n) is 9.07. The van der Waals surface area contributed by atoms with Gasteiger partial charge in [-0.25, -0.2) is 8.42 Å². The zero-order valence-corrected chi connectivity index (χ0v) is 16.4. The van der Waals surface area contributed by atoms with Gasteiger partial charge in [0.2, 0.25) is 0 Å². The smallest absolute Gasteiger partial charge is 0.262 e. The number of hydrogen-bond acceptors (Lipinski definition) is 4. The van der Waals surface area contributed by atoms with Gasteiger partial charge in [0.1, 0.15) is 0 Å². The highest BCUT2D eigenvalue weighted by molar-refractivity contribution is 7.92. The first kappa shape index (κ1) is 19.4. The Morgan fingerprint density at radius 3 is 2.70 bits per heavy atom. The minimum Gasteiger partial charge on any atom is -0.350 e. The minimum absolute atomic E-state index is 0.107. The van der Waals surface area contributed by atoms with E-state index in [1.54, 1.807) is 37.3 Å². The van der Waals surface area contributed by atoms with Crippen molar-refractivity contribution in [2.24, 2.45) is 0 Å². The molecular weight excluding hydrogens is 362 g/mol. The van der Waals surface area contributed by atoms with Gasteiger partial charge in [-0.15, -0.1) is 0 Å². The van der Waals surface area contributed by atoms with E-state index in [4.69, 9.17) is 0 Å². The lowest BCUT2D eigenvalue weighted by molar-refractivity contribution is 0.0950. The third-order valence-electron chi connectivity index (χ3n) is 4.68. The lowest BCUT2D eigenvalue weighted by atomic mass is 10.1. The summed E-state index contributed by atoms with van der Waals surface area (Å²) < 4.78 is 28.2. The average molecular weight is 388 g/mol. The van der Waals surface area contributed by atoms with Crippen LogP contribution >= 0.6 is 0 Å². The summed E-state index contributed by atoms with van der Waals surface area (Å²) in [6.45, 7) is 5.12. The van der Waals surface area contributed by atoms with E-state index in [-0.39, 0.29) is 16.8 Å². The normalized spacial score (nSPS) is 16.9. The molecule has 0 spiro atoms. The Hall–Kier alpha value is -2.38. The lowest BCUT2D eigenvalue weighted by Crippen LogP contribution is -2.37. The van der Waals surface area contributed by atoms with Crippen LogP contribution in [0.4, 0.5) is 5.69 Å². The maximum Gasteiger partial charge on any atom is 0.262 e. The first-order chi connectivity index (χ1) is 12.8. The van der Waals surface area contributed by atoms with Crippen molar-refractivity contribution >= 4 is 21.6 Å². The van der Waals surface area contributed by atoms with Gasteiger partial charge in [0.15, 0.2) is 0 Å². The molecule has 1 aliphatic rings. The van der Waals surface area contributed by atoms with Gasteiger partial charge in [-0.1, -0.05) is 18.2 Å². The molecule has 0 bridgehead atoms. The second-order valence-corrected chi connectivity index (χ2v) is 8.61. The van der Waals surface area contributed by atoms with Crippen LogP contribution in [0.1, 0.15) is 34.3 Å². The summed E-state index contributed by atoms with van der Waals surface area (Å²) in [6, 6.07) is 12.2. The van der Waals surface area contributed by atoms with Crippen LogP contribution in [0.5, 0.6) is 0 Å². The van der Waals surface area contributed by atoms with Crippen LogP contribution in [-0.2, 0) is 10.0 Å². The third kappa shape index (κ3) is 4.87. The number of aryl methyl sites for hydroxylation is 2. The second-order valence-electron chi connectivity index (χ2n) is 6.96. The number of benzene rings is 2. The van der Waals surface area contributed by atoms with E-state index < -0.39 is 10.0 Å². The number of anilines is 1. The molecule has 2 aromatic rings. The molecule has 0 saturated carbocycles. The molecule has 1 unspecified atom stereocenters. The maximum absolute atomic E-state index is 12.8. The van der Waals surface area contributed by atoms with Crippen molar-refractivity contribution in [3.05, 3.63) is 59.2 Å². The molecule has 1 saturated heterocycles. The minimum atomic E-state index is -3.79. The van der Waals surface area contributed by atoms with Crippen LogP contribution in [0.2, 0.25) is 0 Å². The highest BCUT2D eigenvalue weighted by atomic mass is 32.2. The fraction of sp³-hybridized carbons (Fsp3) is 0.350. The van der Waals surface area contributed by atoms with Crippen molar-refractivity contribution in [3.8, 4) is 0 Å². The van der Waals surface area contributed by atoms with Crippen LogP contribution in [0.3, 0.4) is 0 Å². The van der Waals surface area contributed by atoms with E-state index >= 15 is 0 Å². The summed E-state index contributed by atoms with van der Waals surface area (Å²) in [5.74, 6) is -0.268. The zero-order chi connectivity index (χ0) is 19.4. The van der Waals surface area contributed by atoms with Crippen LogP contribution in [0.15, 0.2) is 47.4 Å². The molecule has 0 aromatic heterocycles. The Kier molecular flexibility index (Phi) is 5.82. The summed E-state index contributed by atoms with van der Waals surface area (Å²) in [5, 5.41) is 6.20. The molecule has 1 heterocycles. The highest BCUT2D eigenvalue weighted by Crippen LogP contribution is 2.21. The SMILES string of the molecule is Cc1cccc(NS(=O)(=O)c2cc(C(=O)NCC3CCCN3)ccc2C)c1. The molecule has 3 N–H and O–H groups in total. The van der Waals surface area contributed by atoms with Crippen molar-refractivity contribution in [2.45, 2.75) is 37.6 Å². The number of nitrogens with one attached hydrogen (secondary N) is 3. The maximum atomic E-state index is 12.8. The summed E-state index contributed by atoms with van der Waals surface area (Å²) in [5.41, 5.74) is 2.38. The number of sulfonamides is 1. The molecule has 1 fully saturated rings. The molecular formula is C20H25N3O3S. The Balaban J connectivity index is 1.78. The van der Waals surface area contributed by atoms with Gasteiger partial charge in [-0.3, -0.25) is 9.52 Å². The van der Waals surface area contributed by atoms with Crippen LogP contribution < -0.4 is 15.4 Å². The zero-order valence-electron chi connectivity index (χ0n) is 15.6. The molecule has 1 amide bonds. The standard InChI is InChI=1S/C20H25N3O3S/c1-14-5-3-6-17(11-14)23-27(25,26)19-12-16(9-8-15(19)2)20(24)22-13-18-7-4-10-21-18/h3,5-6,8-9,11-12,18,21,23H,4,7,10,13H2,1-2H3,(H,22,24). The summed E-state index contributed by atoms with van der Waals surface area (Å²) >= 11 is 0. The van der Waals surface area contributed by atoms with Gasteiger partial charge >= 0.3 is 0 Å². The van der Waals surface area contributed by atoms with Crippen molar-refractivity contribution in [2.75, 3.05) is 17.8 Å². The van der Waals surface area contributed by atoms with Crippen LogP contribution in [-0.4, -0.2) is 33.5 Å². The van der Waals surface area contributed by atoms with E-state index in [1.807, 2.05) is 13.0 Å². The van der Waals surface area contributed by atoms with Crippen LogP contribution in [0, 0.1) is 13.8 Å².